The van der Waals surface area contributed by atoms with Crippen LogP contribution >= 0.6 is 0 Å². The summed E-state index contributed by atoms with van der Waals surface area (Å²) >= 11 is 0. The molecule has 1 aliphatic rings. The second-order valence-corrected chi connectivity index (χ2v) is 5.17. The number of hydrogen-bond acceptors (Lipinski definition) is 7. The van der Waals surface area contributed by atoms with Gasteiger partial charge in [0.15, 0.2) is 11.5 Å². The summed E-state index contributed by atoms with van der Waals surface area (Å²) in [6.45, 7) is 5.61. The zero-order valence-corrected chi connectivity index (χ0v) is 12.1. The van der Waals surface area contributed by atoms with Crippen molar-refractivity contribution in [3.63, 3.8) is 0 Å². The van der Waals surface area contributed by atoms with E-state index in [0.717, 1.165) is 44.8 Å². The summed E-state index contributed by atoms with van der Waals surface area (Å²) in [5.41, 5.74) is 0.643. The summed E-state index contributed by atoms with van der Waals surface area (Å²) < 4.78 is 1.44. The predicted octanol–water partition coefficient (Wildman–Crippen LogP) is 0.334. The van der Waals surface area contributed by atoms with E-state index in [1.807, 2.05) is 12.1 Å². The molecule has 0 saturated carbocycles. The molecule has 1 fully saturated rings. The van der Waals surface area contributed by atoms with Crippen LogP contribution in [0.25, 0.3) is 5.65 Å². The van der Waals surface area contributed by atoms with Crippen molar-refractivity contribution in [2.75, 3.05) is 31.1 Å². The van der Waals surface area contributed by atoms with E-state index in [-0.39, 0.29) is 6.04 Å². The molecule has 0 amide bonds. The molecule has 1 aliphatic heterocycles. The maximum atomic E-state index is 9.24. The number of rotatable bonds is 4. The van der Waals surface area contributed by atoms with Gasteiger partial charge in [-0.15, -0.1) is 14.8 Å². The molecule has 1 saturated heterocycles. The van der Waals surface area contributed by atoms with Crippen LogP contribution in [0.15, 0.2) is 12.1 Å². The third-order valence-electron chi connectivity index (χ3n) is 3.85. The van der Waals surface area contributed by atoms with E-state index in [1.54, 1.807) is 0 Å². The van der Waals surface area contributed by atoms with Gasteiger partial charge in [-0.05, 0) is 29.0 Å². The maximum Gasteiger partial charge on any atom is 0.200 e. The zero-order chi connectivity index (χ0) is 14.7. The van der Waals surface area contributed by atoms with Crippen LogP contribution in [0.2, 0.25) is 0 Å². The first-order valence-electron chi connectivity index (χ1n) is 7.26. The van der Waals surface area contributed by atoms with E-state index >= 15 is 0 Å². The van der Waals surface area contributed by atoms with Gasteiger partial charge in [-0.25, -0.2) is 0 Å². The average molecular weight is 286 g/mol. The Balaban J connectivity index is 1.66. The lowest BCUT2D eigenvalue weighted by molar-refractivity contribution is 0.211. The predicted molar refractivity (Wildman–Crippen MR) is 76.7 cm³/mol. The molecule has 0 N–H and O–H groups in total. The molecule has 1 unspecified atom stereocenters. The minimum absolute atomic E-state index is 0.0344. The second kappa shape index (κ2) is 6.01. The Bertz CT molecular complexity index is 637. The Morgan fingerprint density at radius 2 is 2.10 bits per heavy atom. The van der Waals surface area contributed by atoms with Crippen molar-refractivity contribution in [2.24, 2.45) is 0 Å². The van der Waals surface area contributed by atoms with Crippen molar-refractivity contribution < 1.29 is 0 Å². The summed E-state index contributed by atoms with van der Waals surface area (Å²) in [5.74, 6) is 0.874. The van der Waals surface area contributed by atoms with Crippen LogP contribution < -0.4 is 4.90 Å². The second-order valence-electron chi connectivity index (χ2n) is 5.17. The molecule has 8 heteroatoms. The molecular weight excluding hydrogens is 268 g/mol. The molecule has 0 spiro atoms. The van der Waals surface area contributed by atoms with E-state index in [2.05, 4.69) is 43.4 Å². The highest BCUT2D eigenvalue weighted by molar-refractivity contribution is 5.44. The van der Waals surface area contributed by atoms with Crippen LogP contribution in [-0.2, 0) is 0 Å². The molecule has 2 aromatic heterocycles. The fourth-order valence-electron chi connectivity index (χ4n) is 2.67. The number of nitrogens with zero attached hydrogens (tertiary/aromatic N) is 8. The van der Waals surface area contributed by atoms with Crippen molar-refractivity contribution >= 4 is 11.5 Å². The van der Waals surface area contributed by atoms with Gasteiger partial charge in [0.1, 0.15) is 0 Å². The van der Waals surface area contributed by atoms with Crippen LogP contribution in [0, 0.1) is 11.3 Å². The number of fused-ring (bicyclic) bond motifs is 1. The molecule has 3 heterocycles. The molecule has 0 aliphatic carbocycles. The van der Waals surface area contributed by atoms with Crippen molar-refractivity contribution in [3.05, 3.63) is 12.1 Å². The smallest absolute Gasteiger partial charge is 0.200 e. The van der Waals surface area contributed by atoms with Crippen LogP contribution in [-0.4, -0.2) is 62.4 Å². The van der Waals surface area contributed by atoms with E-state index in [1.165, 1.54) is 4.63 Å². The Morgan fingerprint density at radius 3 is 2.81 bits per heavy atom. The number of tetrazole rings is 1. The molecular formula is C13H18N8. The topological polar surface area (TPSA) is 86.2 Å². The van der Waals surface area contributed by atoms with Crippen LogP contribution in [0.4, 0.5) is 5.82 Å². The zero-order valence-electron chi connectivity index (χ0n) is 12.1. The monoisotopic (exact) mass is 286 g/mol. The van der Waals surface area contributed by atoms with E-state index < -0.39 is 0 Å². The average Bonchev–Trinajstić information content (AvgIpc) is 3.00. The SMILES string of the molecule is CCCC(C#N)N1CCN(c2ccc3nnnn3n2)CC1. The van der Waals surface area contributed by atoms with Gasteiger partial charge >= 0.3 is 0 Å². The minimum atomic E-state index is 0.0344. The molecule has 0 aromatic carbocycles. The summed E-state index contributed by atoms with van der Waals surface area (Å²) in [5, 5.41) is 24.9. The standard InChI is InChI=1S/C13H18N8/c1-2-3-11(10-14)19-6-8-20(9-7-19)13-5-4-12-15-17-18-21(12)16-13/h4-5,11H,2-3,6-9H2,1H3. The molecule has 0 bridgehead atoms. The van der Waals surface area contributed by atoms with Gasteiger partial charge in [-0.3, -0.25) is 4.90 Å². The first-order chi connectivity index (χ1) is 10.3. The Morgan fingerprint density at radius 1 is 1.29 bits per heavy atom. The molecule has 21 heavy (non-hydrogen) atoms. The fraction of sp³-hybridized carbons (Fsp3) is 0.615. The van der Waals surface area contributed by atoms with Gasteiger partial charge < -0.3 is 4.90 Å². The van der Waals surface area contributed by atoms with Crippen molar-refractivity contribution in [1.82, 2.24) is 30.2 Å². The van der Waals surface area contributed by atoms with Gasteiger partial charge in [0.2, 0.25) is 0 Å². The number of hydrogen-bond donors (Lipinski definition) is 0. The van der Waals surface area contributed by atoms with Crippen molar-refractivity contribution in [1.29, 1.82) is 5.26 Å². The minimum Gasteiger partial charge on any atom is -0.353 e. The quantitative estimate of drug-likeness (QED) is 0.800. The Kier molecular flexibility index (Phi) is 3.92. The number of nitriles is 1. The molecule has 0 radical (unpaired) electrons. The van der Waals surface area contributed by atoms with Gasteiger partial charge in [0.05, 0.1) is 12.1 Å². The summed E-state index contributed by atoms with van der Waals surface area (Å²) in [6.07, 6.45) is 1.97. The molecule has 3 rings (SSSR count). The normalized spacial score (nSPS) is 17.8. The highest BCUT2D eigenvalue weighted by Crippen LogP contribution is 2.16. The lowest BCUT2D eigenvalue weighted by atomic mass is 10.1. The third kappa shape index (κ3) is 2.78. The van der Waals surface area contributed by atoms with Crippen LogP contribution in [0.5, 0.6) is 0 Å². The van der Waals surface area contributed by atoms with Gasteiger partial charge in [-0.2, -0.15) is 5.26 Å². The number of piperazine rings is 1. The molecule has 110 valence electrons. The lowest BCUT2D eigenvalue weighted by Gasteiger charge is -2.37. The van der Waals surface area contributed by atoms with Crippen LogP contribution in [0.1, 0.15) is 19.8 Å². The maximum absolute atomic E-state index is 9.24. The molecule has 8 nitrogen and oxygen atoms in total. The van der Waals surface area contributed by atoms with Gasteiger partial charge in [0.25, 0.3) is 0 Å². The largest absolute Gasteiger partial charge is 0.353 e. The van der Waals surface area contributed by atoms with Crippen molar-refractivity contribution in [3.8, 4) is 6.07 Å². The number of aromatic nitrogens is 5. The molecule has 2 aromatic rings. The Hall–Kier alpha value is -2.27. The molecule has 1 atom stereocenters. The number of anilines is 1. The fourth-order valence-corrected chi connectivity index (χ4v) is 2.67. The highest BCUT2D eigenvalue weighted by Gasteiger charge is 2.24. The summed E-state index contributed by atoms with van der Waals surface area (Å²) in [6, 6.07) is 6.25. The summed E-state index contributed by atoms with van der Waals surface area (Å²) in [7, 11) is 0. The van der Waals surface area contributed by atoms with E-state index in [0.29, 0.717) is 5.65 Å². The highest BCUT2D eigenvalue weighted by atomic mass is 15.6. The van der Waals surface area contributed by atoms with Crippen molar-refractivity contribution in [2.45, 2.75) is 25.8 Å². The van der Waals surface area contributed by atoms with Gasteiger partial charge in [0, 0.05) is 26.2 Å². The lowest BCUT2D eigenvalue weighted by Crippen LogP contribution is -2.50. The van der Waals surface area contributed by atoms with Crippen LogP contribution in [0.3, 0.4) is 0 Å². The first kappa shape index (κ1) is 13.7. The third-order valence-corrected chi connectivity index (χ3v) is 3.85. The first-order valence-corrected chi connectivity index (χ1v) is 7.26. The Labute approximate surface area is 122 Å². The van der Waals surface area contributed by atoms with Gasteiger partial charge in [-0.1, -0.05) is 13.3 Å². The van der Waals surface area contributed by atoms with E-state index in [9.17, 15) is 5.26 Å². The van der Waals surface area contributed by atoms with E-state index in [4.69, 9.17) is 0 Å². The summed E-state index contributed by atoms with van der Waals surface area (Å²) in [4.78, 5) is 4.47.